The maximum absolute atomic E-state index is 13.4. The number of nitrogens with zero attached hydrogens (tertiary/aromatic N) is 4. The average Bonchev–Trinajstić information content (AvgIpc) is 3.56. The van der Waals surface area contributed by atoms with Crippen molar-refractivity contribution in [1.29, 1.82) is 5.26 Å². The van der Waals surface area contributed by atoms with Crippen molar-refractivity contribution in [2.24, 2.45) is 0 Å². The Morgan fingerprint density at radius 3 is 2.60 bits per heavy atom. The normalized spacial score (nSPS) is 17.3. The van der Waals surface area contributed by atoms with Gasteiger partial charge in [-0.05, 0) is 50.1 Å². The summed E-state index contributed by atoms with van der Waals surface area (Å²) in [4.78, 5) is 24.7. The number of carbonyl (C=O) groups excluding carboxylic acids is 1. The molecular formula is C23H22N4OS2. The molecule has 30 heavy (non-hydrogen) atoms. The zero-order chi connectivity index (χ0) is 20.7. The van der Waals surface area contributed by atoms with Crippen molar-refractivity contribution in [3.63, 3.8) is 0 Å². The predicted octanol–water partition coefficient (Wildman–Crippen LogP) is 5.18. The molecule has 0 unspecified atom stereocenters. The van der Waals surface area contributed by atoms with Crippen molar-refractivity contribution in [3.05, 3.63) is 52.2 Å². The lowest BCUT2D eigenvalue weighted by Crippen LogP contribution is -2.38. The van der Waals surface area contributed by atoms with Gasteiger partial charge in [0.2, 0.25) is 0 Å². The number of carbonyl (C=O) groups is 1. The van der Waals surface area contributed by atoms with E-state index in [-0.39, 0.29) is 5.91 Å². The van der Waals surface area contributed by atoms with Gasteiger partial charge < -0.3 is 4.90 Å². The van der Waals surface area contributed by atoms with Gasteiger partial charge in [0, 0.05) is 30.6 Å². The second-order valence-corrected chi connectivity index (χ2v) is 9.81. The summed E-state index contributed by atoms with van der Waals surface area (Å²) in [6, 6.07) is 12.3. The number of fused-ring (bicyclic) bond motifs is 1. The number of amides is 1. The van der Waals surface area contributed by atoms with E-state index in [4.69, 9.17) is 4.98 Å². The fraction of sp³-hybridized carbons (Fsp3) is 0.391. The van der Waals surface area contributed by atoms with Crippen molar-refractivity contribution >= 4 is 39.2 Å². The van der Waals surface area contributed by atoms with E-state index >= 15 is 0 Å². The summed E-state index contributed by atoms with van der Waals surface area (Å²) in [5.74, 6) is 0.803. The van der Waals surface area contributed by atoms with Crippen LogP contribution in [-0.2, 0) is 0 Å². The molecule has 0 bridgehead atoms. The fourth-order valence-electron chi connectivity index (χ4n) is 4.12. The zero-order valence-electron chi connectivity index (χ0n) is 16.8. The van der Waals surface area contributed by atoms with Crippen molar-refractivity contribution in [3.8, 4) is 6.07 Å². The van der Waals surface area contributed by atoms with Crippen LogP contribution in [0.15, 0.2) is 35.4 Å². The molecule has 1 aliphatic carbocycles. The van der Waals surface area contributed by atoms with Crippen LogP contribution in [-0.4, -0.2) is 40.1 Å². The first-order chi connectivity index (χ1) is 14.7. The number of rotatable bonds is 4. The molecule has 2 aliphatic rings. The Labute approximate surface area is 184 Å². The minimum Gasteiger partial charge on any atom is -0.339 e. The molecule has 152 valence electrons. The number of benzene rings is 1. The monoisotopic (exact) mass is 434 g/mol. The number of para-hydroxylation sites is 1. The Kier molecular flexibility index (Phi) is 5.21. The standard InChI is InChI=1S/C23H22N4OS2/c1-29-22-17(13-24)16(12-19(26-22)14-6-7-14)23(28)27-10-8-15(9-11-27)21-25-18-4-2-3-5-20(18)30-21/h2-5,12,14-15H,6-11H2,1H3. The smallest absolute Gasteiger partial charge is 0.255 e. The van der Waals surface area contributed by atoms with Crippen LogP contribution in [0.2, 0.25) is 0 Å². The van der Waals surface area contributed by atoms with Crippen LogP contribution in [0.3, 0.4) is 0 Å². The molecule has 7 heteroatoms. The lowest BCUT2D eigenvalue weighted by molar-refractivity contribution is 0.0712. The van der Waals surface area contributed by atoms with Crippen molar-refractivity contribution in [2.45, 2.75) is 42.5 Å². The predicted molar refractivity (Wildman–Crippen MR) is 120 cm³/mol. The number of aromatic nitrogens is 2. The van der Waals surface area contributed by atoms with E-state index in [0.29, 0.717) is 41.1 Å². The van der Waals surface area contributed by atoms with Crippen molar-refractivity contribution in [1.82, 2.24) is 14.9 Å². The van der Waals surface area contributed by atoms with Crippen LogP contribution >= 0.6 is 23.1 Å². The van der Waals surface area contributed by atoms with Gasteiger partial charge in [0.15, 0.2) is 0 Å². The minimum absolute atomic E-state index is 0.0334. The summed E-state index contributed by atoms with van der Waals surface area (Å²) in [5, 5.41) is 11.5. The molecule has 3 aromatic rings. The van der Waals surface area contributed by atoms with Gasteiger partial charge in [-0.15, -0.1) is 23.1 Å². The maximum atomic E-state index is 13.4. The first-order valence-electron chi connectivity index (χ1n) is 10.3. The first-order valence-corrected chi connectivity index (χ1v) is 12.4. The average molecular weight is 435 g/mol. The van der Waals surface area contributed by atoms with Crippen LogP contribution in [0.4, 0.5) is 0 Å². The molecule has 0 radical (unpaired) electrons. The van der Waals surface area contributed by atoms with Crippen LogP contribution in [0, 0.1) is 11.3 Å². The first kappa shape index (κ1) is 19.5. The highest BCUT2D eigenvalue weighted by molar-refractivity contribution is 7.98. The third-order valence-electron chi connectivity index (χ3n) is 5.98. The molecule has 5 rings (SSSR count). The van der Waals surface area contributed by atoms with Crippen LogP contribution in [0.1, 0.15) is 64.1 Å². The Morgan fingerprint density at radius 1 is 1.17 bits per heavy atom. The number of pyridine rings is 1. The maximum Gasteiger partial charge on any atom is 0.255 e. The van der Waals surface area contributed by atoms with E-state index < -0.39 is 0 Å². The fourth-order valence-corrected chi connectivity index (χ4v) is 5.81. The molecule has 2 fully saturated rings. The van der Waals surface area contributed by atoms with Gasteiger partial charge in [-0.25, -0.2) is 9.97 Å². The number of piperidine rings is 1. The summed E-state index contributed by atoms with van der Waals surface area (Å²) in [7, 11) is 0. The molecule has 0 spiro atoms. The van der Waals surface area contributed by atoms with Gasteiger partial charge in [-0.3, -0.25) is 4.79 Å². The molecule has 2 aromatic heterocycles. The topological polar surface area (TPSA) is 69.9 Å². The third-order valence-corrected chi connectivity index (χ3v) is 7.86. The van der Waals surface area contributed by atoms with E-state index in [0.717, 1.165) is 36.9 Å². The molecule has 0 N–H and O–H groups in total. The largest absolute Gasteiger partial charge is 0.339 e. The quantitative estimate of drug-likeness (QED) is 0.529. The number of thioether (sulfide) groups is 1. The Hall–Kier alpha value is -2.43. The van der Waals surface area contributed by atoms with E-state index in [2.05, 4.69) is 23.2 Å². The van der Waals surface area contributed by atoms with E-state index in [1.54, 1.807) is 11.3 Å². The molecule has 3 heterocycles. The number of thiazole rings is 1. The molecular weight excluding hydrogens is 412 g/mol. The van der Waals surface area contributed by atoms with Crippen LogP contribution < -0.4 is 0 Å². The summed E-state index contributed by atoms with van der Waals surface area (Å²) in [5.41, 5.74) is 2.97. The highest BCUT2D eigenvalue weighted by Gasteiger charge is 2.31. The van der Waals surface area contributed by atoms with Gasteiger partial charge in [0.25, 0.3) is 5.91 Å². The van der Waals surface area contributed by atoms with Crippen LogP contribution in [0.5, 0.6) is 0 Å². The Bertz CT molecular complexity index is 1120. The third kappa shape index (κ3) is 3.59. The molecule has 1 aliphatic heterocycles. The molecule has 1 aromatic carbocycles. The SMILES string of the molecule is CSc1nc(C2CC2)cc(C(=O)N2CCC(c3nc4ccccc4s3)CC2)c1C#N. The molecule has 1 saturated carbocycles. The second kappa shape index (κ2) is 8.01. The van der Waals surface area contributed by atoms with Crippen molar-refractivity contribution in [2.75, 3.05) is 19.3 Å². The van der Waals surface area contributed by atoms with Crippen LogP contribution in [0.25, 0.3) is 10.2 Å². The lowest BCUT2D eigenvalue weighted by atomic mass is 9.96. The van der Waals surface area contributed by atoms with Crippen molar-refractivity contribution < 1.29 is 4.79 Å². The molecule has 5 nitrogen and oxygen atoms in total. The summed E-state index contributed by atoms with van der Waals surface area (Å²) >= 11 is 3.21. The van der Waals surface area contributed by atoms with E-state index in [1.807, 2.05) is 29.4 Å². The van der Waals surface area contributed by atoms with Gasteiger partial charge >= 0.3 is 0 Å². The van der Waals surface area contributed by atoms with Gasteiger partial charge in [0.1, 0.15) is 11.1 Å². The second-order valence-electron chi connectivity index (χ2n) is 7.95. The highest BCUT2D eigenvalue weighted by Crippen LogP contribution is 2.41. The Balaban J connectivity index is 1.35. The summed E-state index contributed by atoms with van der Waals surface area (Å²) < 4.78 is 1.22. The molecule has 1 saturated heterocycles. The van der Waals surface area contributed by atoms with Gasteiger partial charge in [-0.2, -0.15) is 5.26 Å². The lowest BCUT2D eigenvalue weighted by Gasteiger charge is -2.31. The van der Waals surface area contributed by atoms with E-state index in [1.165, 1.54) is 21.5 Å². The minimum atomic E-state index is -0.0334. The van der Waals surface area contributed by atoms with E-state index in [9.17, 15) is 10.1 Å². The summed E-state index contributed by atoms with van der Waals surface area (Å²) in [6.07, 6.45) is 5.96. The zero-order valence-corrected chi connectivity index (χ0v) is 18.4. The molecule has 1 amide bonds. The number of hydrogen-bond acceptors (Lipinski definition) is 6. The Morgan fingerprint density at radius 2 is 1.93 bits per heavy atom. The van der Waals surface area contributed by atoms with Gasteiger partial charge in [0.05, 0.1) is 26.4 Å². The highest BCUT2D eigenvalue weighted by atomic mass is 32.2. The number of nitriles is 1. The number of hydrogen-bond donors (Lipinski definition) is 0. The number of likely N-dealkylation sites (tertiary alicyclic amines) is 1. The summed E-state index contributed by atoms with van der Waals surface area (Å²) in [6.45, 7) is 1.39. The molecule has 0 atom stereocenters. The van der Waals surface area contributed by atoms with Gasteiger partial charge in [-0.1, -0.05) is 12.1 Å².